The molecular weight excluding hydrogens is 227 g/mol. The molecule has 0 saturated heterocycles. The van der Waals surface area contributed by atoms with Crippen LogP contribution >= 0.6 is 7.37 Å². The first-order valence-corrected chi connectivity index (χ1v) is 6.28. The van der Waals surface area contributed by atoms with Gasteiger partial charge >= 0.3 is 13.3 Å². The van der Waals surface area contributed by atoms with Crippen LogP contribution in [0.5, 0.6) is 0 Å². The third kappa shape index (κ3) is 8.07. The molecule has 5 N–H and O–H groups in total. The molecule has 0 aliphatic carbocycles. The number of carbonyl (C=O) groups is 2. The van der Waals surface area contributed by atoms with Crippen LogP contribution in [0.3, 0.4) is 0 Å². The monoisotopic (exact) mass is 241 g/mol. The van der Waals surface area contributed by atoms with E-state index < -0.39 is 25.7 Å². The van der Waals surface area contributed by atoms with Crippen molar-refractivity contribution in [1.29, 1.82) is 0 Å². The number of nitrogens with one attached hydrogen (secondary N) is 1. The van der Waals surface area contributed by atoms with Gasteiger partial charge in [-0.2, -0.15) is 0 Å². The summed E-state index contributed by atoms with van der Waals surface area (Å²) < 4.78 is 8.94. The molecule has 0 aromatic heterocycles. The fourth-order valence-electron chi connectivity index (χ4n) is 0.677. The lowest BCUT2D eigenvalue weighted by atomic mass is 10.4. The summed E-state index contributed by atoms with van der Waals surface area (Å²) >= 11 is 0. The second-order valence-corrected chi connectivity index (χ2v) is 5.51. The summed E-state index contributed by atoms with van der Waals surface area (Å²) in [5.74, 6) is -2.33. The molecule has 0 rings (SSSR count). The largest absolute Gasteiger partial charge is 0.481 e. The van der Waals surface area contributed by atoms with E-state index in [4.69, 9.17) is 19.8 Å². The average molecular weight is 241 g/mol. The van der Waals surface area contributed by atoms with Crippen LogP contribution in [0.15, 0.2) is 0 Å². The normalized spacial score (nSPS) is 14.3. The average Bonchev–Trinajstić information content (AvgIpc) is 2.00. The van der Waals surface area contributed by atoms with Gasteiger partial charge in [-0.25, -0.2) is 5.06 Å². The summed E-state index contributed by atoms with van der Waals surface area (Å²) in [5, 5.41) is 19.8. The standard InChI is InChI=1S/C6H13N2O6P/c1-15(13,14)4-7-3-8(12)5(9)2-6(10)11/h7,12H,2-4H2,1H3,(H,10,11)(H,13,14)/p+1. The van der Waals surface area contributed by atoms with Crippen LogP contribution in [0, 0.1) is 0 Å². The Balaban J connectivity index is 3.84. The zero-order valence-electron chi connectivity index (χ0n) is 8.12. The van der Waals surface area contributed by atoms with Gasteiger partial charge in [-0.1, -0.05) is 0 Å². The molecule has 0 fully saturated rings. The van der Waals surface area contributed by atoms with Crippen LogP contribution in [0.4, 0.5) is 0 Å². The minimum absolute atomic E-state index is 0.162. The number of hydrogen-bond acceptors (Lipinski definition) is 4. The first-order valence-electron chi connectivity index (χ1n) is 3.95. The molecule has 0 aromatic rings. The molecule has 1 unspecified atom stereocenters. The first kappa shape index (κ1) is 14.1. The van der Waals surface area contributed by atoms with Crippen molar-refractivity contribution in [2.45, 2.75) is 6.42 Å². The molecule has 0 bridgehead atoms. The fraction of sp³-hybridized carbons (Fsp3) is 0.667. The van der Waals surface area contributed by atoms with Crippen molar-refractivity contribution in [3.05, 3.63) is 0 Å². The number of carboxylic acids is 1. The molecule has 15 heavy (non-hydrogen) atoms. The number of rotatable bonds is 6. The Morgan fingerprint density at radius 3 is 2.47 bits per heavy atom. The zero-order chi connectivity index (χ0) is 12.1. The van der Waals surface area contributed by atoms with E-state index in [2.05, 4.69) is 5.32 Å². The van der Waals surface area contributed by atoms with Crippen molar-refractivity contribution in [2.24, 2.45) is 0 Å². The van der Waals surface area contributed by atoms with E-state index in [0.717, 1.165) is 0 Å². The van der Waals surface area contributed by atoms with Crippen LogP contribution in [0.1, 0.15) is 6.42 Å². The maximum absolute atomic E-state index is 10.8. The van der Waals surface area contributed by atoms with E-state index in [9.17, 15) is 9.59 Å². The van der Waals surface area contributed by atoms with Gasteiger partial charge < -0.3 is 10.00 Å². The van der Waals surface area contributed by atoms with Gasteiger partial charge in [0.1, 0.15) is 12.7 Å². The third-order valence-corrected chi connectivity index (χ3v) is 2.09. The predicted octanol–water partition coefficient (Wildman–Crippen LogP) is -0.974. The lowest BCUT2D eigenvalue weighted by Crippen LogP contribution is -2.37. The van der Waals surface area contributed by atoms with Gasteiger partial charge in [0.2, 0.25) is 0 Å². The highest BCUT2D eigenvalue weighted by Gasteiger charge is 2.19. The molecule has 1 amide bonds. The molecule has 0 radical (unpaired) electrons. The van der Waals surface area contributed by atoms with E-state index >= 15 is 0 Å². The molecule has 0 aliphatic rings. The van der Waals surface area contributed by atoms with E-state index in [0.29, 0.717) is 0 Å². The summed E-state index contributed by atoms with van der Waals surface area (Å²) in [6.07, 6.45) is -0.979. The van der Waals surface area contributed by atoms with Crippen LogP contribution in [-0.4, -0.2) is 56.3 Å². The minimum atomic E-state index is -3.01. The van der Waals surface area contributed by atoms with Crippen molar-refractivity contribution in [1.82, 2.24) is 10.4 Å². The maximum atomic E-state index is 10.8. The highest BCUT2D eigenvalue weighted by molar-refractivity contribution is 7.57. The number of carbonyl (C=O) groups excluding carboxylic acids is 1. The topological polar surface area (TPSA) is 131 Å². The molecule has 0 aromatic carbocycles. The maximum Gasteiger partial charge on any atom is 0.365 e. The minimum Gasteiger partial charge on any atom is -0.481 e. The van der Waals surface area contributed by atoms with Crippen LogP contribution in [-0.2, 0) is 9.59 Å². The van der Waals surface area contributed by atoms with Gasteiger partial charge in [-0.15, -0.1) is 0 Å². The molecule has 0 saturated carbocycles. The fourth-order valence-corrected chi connectivity index (χ4v) is 1.20. The SMILES string of the molecule is CP(O)(=[OH+])CNCN(O)C(=O)CC(=O)O. The second kappa shape index (κ2) is 5.82. The second-order valence-electron chi connectivity index (χ2n) is 3.02. The molecule has 88 valence electrons. The number of carboxylic acid groups (broad SMARTS) is 1. The number of hydroxylamine groups is 2. The highest BCUT2D eigenvalue weighted by Crippen LogP contribution is 2.31. The zero-order valence-corrected chi connectivity index (χ0v) is 9.02. The Hall–Kier alpha value is -0.950. The molecule has 0 aliphatic heterocycles. The van der Waals surface area contributed by atoms with E-state index in [1.54, 1.807) is 0 Å². The molecule has 0 spiro atoms. The van der Waals surface area contributed by atoms with Crippen molar-refractivity contribution in [2.75, 3.05) is 19.6 Å². The van der Waals surface area contributed by atoms with Crippen molar-refractivity contribution in [3.8, 4) is 0 Å². The van der Waals surface area contributed by atoms with Gasteiger partial charge in [0.05, 0.1) is 13.3 Å². The lowest BCUT2D eigenvalue weighted by Gasteiger charge is -2.14. The highest BCUT2D eigenvalue weighted by atomic mass is 31.2. The Bertz CT molecular complexity index is 287. The molecule has 8 nitrogen and oxygen atoms in total. The first-order chi connectivity index (χ1) is 6.72. The Labute approximate surface area is 85.9 Å². The van der Waals surface area contributed by atoms with Crippen molar-refractivity contribution < 1.29 is 29.4 Å². The van der Waals surface area contributed by atoms with Crippen LogP contribution in [0.2, 0.25) is 0 Å². The van der Waals surface area contributed by atoms with Gasteiger partial charge in [-0.3, -0.25) is 24.7 Å². The Morgan fingerprint density at radius 2 is 2.07 bits per heavy atom. The van der Waals surface area contributed by atoms with E-state index in [-0.39, 0.29) is 18.0 Å². The Kier molecular flexibility index (Phi) is 5.45. The van der Waals surface area contributed by atoms with E-state index in [1.807, 2.05) is 0 Å². The van der Waals surface area contributed by atoms with Gasteiger partial charge in [0, 0.05) is 0 Å². The van der Waals surface area contributed by atoms with Crippen molar-refractivity contribution >= 4 is 19.2 Å². The quantitative estimate of drug-likeness (QED) is 0.118. The smallest absolute Gasteiger partial charge is 0.365 e. The number of nitrogens with zero attached hydrogens (tertiary/aromatic N) is 1. The van der Waals surface area contributed by atoms with Crippen LogP contribution < -0.4 is 5.32 Å². The molecule has 1 atom stereocenters. The summed E-state index contributed by atoms with van der Waals surface area (Å²) in [6, 6.07) is 0. The summed E-state index contributed by atoms with van der Waals surface area (Å²) in [5.41, 5.74) is 0. The van der Waals surface area contributed by atoms with Crippen LogP contribution in [0.25, 0.3) is 0 Å². The van der Waals surface area contributed by atoms with Gasteiger partial charge in [0.25, 0.3) is 5.91 Å². The summed E-state index contributed by atoms with van der Waals surface area (Å²) in [7, 11) is -3.01. The van der Waals surface area contributed by atoms with Crippen molar-refractivity contribution in [3.63, 3.8) is 0 Å². The molecule has 9 heteroatoms. The predicted molar refractivity (Wildman–Crippen MR) is 50.8 cm³/mol. The summed E-state index contributed by atoms with van der Waals surface area (Å²) in [4.78, 5) is 29.9. The molecule has 0 heterocycles. The molecular formula is C6H14N2O6P+. The van der Waals surface area contributed by atoms with Gasteiger partial charge in [0.15, 0.2) is 0 Å². The van der Waals surface area contributed by atoms with Gasteiger partial charge in [-0.05, 0) is 0 Å². The number of aliphatic carboxylic acids is 1. The number of amides is 1. The number of hydrogen-bond donors (Lipinski definition) is 4. The van der Waals surface area contributed by atoms with E-state index in [1.165, 1.54) is 6.66 Å². The third-order valence-electron chi connectivity index (χ3n) is 1.26. The summed E-state index contributed by atoms with van der Waals surface area (Å²) in [6.45, 7) is 0.865. The Morgan fingerprint density at radius 1 is 1.53 bits per heavy atom. The lowest BCUT2D eigenvalue weighted by molar-refractivity contribution is -0.169.